The van der Waals surface area contributed by atoms with Crippen molar-refractivity contribution in [3.05, 3.63) is 35.4 Å². The highest BCUT2D eigenvalue weighted by Crippen LogP contribution is 2.16. The molecule has 0 radical (unpaired) electrons. The molecule has 0 bridgehead atoms. The molecule has 0 saturated carbocycles. The van der Waals surface area contributed by atoms with Crippen molar-refractivity contribution in [2.24, 2.45) is 0 Å². The Labute approximate surface area is 114 Å². The first kappa shape index (κ1) is 16.1. The van der Waals surface area contributed by atoms with Crippen LogP contribution in [0.3, 0.4) is 0 Å². The van der Waals surface area contributed by atoms with Crippen LogP contribution in [-0.4, -0.2) is 26.3 Å². The van der Waals surface area contributed by atoms with Gasteiger partial charge in [0, 0.05) is 25.3 Å². The molecule has 1 aromatic carbocycles. The van der Waals surface area contributed by atoms with Gasteiger partial charge in [0.25, 0.3) is 0 Å². The quantitative estimate of drug-likeness (QED) is 0.696. The van der Waals surface area contributed by atoms with Crippen molar-refractivity contribution in [2.75, 3.05) is 20.3 Å². The summed E-state index contributed by atoms with van der Waals surface area (Å²) >= 11 is 0. The molecule has 0 amide bonds. The van der Waals surface area contributed by atoms with Crippen LogP contribution in [0.25, 0.3) is 0 Å². The molecule has 1 unspecified atom stereocenters. The van der Waals surface area contributed by atoms with Crippen molar-refractivity contribution < 1.29 is 13.5 Å². The van der Waals surface area contributed by atoms with Crippen LogP contribution in [0.2, 0.25) is 0 Å². The number of halogens is 2. The van der Waals surface area contributed by atoms with E-state index in [0.717, 1.165) is 25.8 Å². The van der Waals surface area contributed by atoms with Gasteiger partial charge in [-0.15, -0.1) is 0 Å². The van der Waals surface area contributed by atoms with E-state index >= 15 is 0 Å². The van der Waals surface area contributed by atoms with Crippen molar-refractivity contribution in [1.29, 1.82) is 0 Å². The van der Waals surface area contributed by atoms with E-state index in [1.54, 1.807) is 7.11 Å². The Balaban J connectivity index is 2.64. The third-order valence-corrected chi connectivity index (χ3v) is 3.10. The fourth-order valence-corrected chi connectivity index (χ4v) is 2.07. The van der Waals surface area contributed by atoms with Crippen LogP contribution in [0.4, 0.5) is 8.78 Å². The van der Waals surface area contributed by atoms with E-state index in [9.17, 15) is 8.78 Å². The Kier molecular flexibility index (Phi) is 7.60. The molecule has 0 aliphatic rings. The molecule has 0 aliphatic carbocycles. The summed E-state index contributed by atoms with van der Waals surface area (Å²) in [7, 11) is 1.66. The fourth-order valence-electron chi connectivity index (χ4n) is 2.07. The maximum atomic E-state index is 13.6. The highest BCUT2D eigenvalue weighted by molar-refractivity contribution is 5.20. The van der Waals surface area contributed by atoms with Crippen LogP contribution in [0, 0.1) is 11.6 Å². The van der Waals surface area contributed by atoms with E-state index in [2.05, 4.69) is 12.2 Å². The summed E-state index contributed by atoms with van der Waals surface area (Å²) in [6, 6.07) is 4.10. The lowest BCUT2D eigenvalue weighted by atomic mass is 10.0. The van der Waals surface area contributed by atoms with Gasteiger partial charge in [0.15, 0.2) is 0 Å². The van der Waals surface area contributed by atoms with Gasteiger partial charge >= 0.3 is 0 Å². The molecule has 4 heteroatoms. The summed E-state index contributed by atoms with van der Waals surface area (Å²) in [5, 5.41) is 3.34. The van der Waals surface area contributed by atoms with Gasteiger partial charge in [-0.3, -0.25) is 0 Å². The van der Waals surface area contributed by atoms with Crippen LogP contribution in [0.5, 0.6) is 0 Å². The van der Waals surface area contributed by atoms with Gasteiger partial charge in [0.2, 0.25) is 0 Å². The minimum Gasteiger partial charge on any atom is -0.385 e. The first-order valence-corrected chi connectivity index (χ1v) is 6.84. The van der Waals surface area contributed by atoms with Gasteiger partial charge in [0.05, 0.1) is 0 Å². The number of ether oxygens (including phenoxy) is 1. The molecule has 0 aliphatic heterocycles. The molecule has 0 fully saturated rings. The van der Waals surface area contributed by atoms with E-state index in [1.165, 1.54) is 18.2 Å². The number of hydrogen-bond acceptors (Lipinski definition) is 2. The molecular weight excluding hydrogens is 248 g/mol. The molecule has 1 aromatic rings. The van der Waals surface area contributed by atoms with Crippen molar-refractivity contribution >= 4 is 0 Å². The number of nitrogens with one attached hydrogen (secondary N) is 1. The summed E-state index contributed by atoms with van der Waals surface area (Å²) in [4.78, 5) is 0. The lowest BCUT2D eigenvalue weighted by molar-refractivity contribution is 0.188. The number of methoxy groups -OCH3 is 1. The summed E-state index contributed by atoms with van der Waals surface area (Å²) in [5.41, 5.74) is 0.175. The Bertz CT molecular complexity index is 351. The SMILES string of the molecule is CCCNC(CCCOC)Cc1c(F)cccc1F. The molecule has 0 saturated heterocycles. The predicted molar refractivity (Wildman–Crippen MR) is 73.3 cm³/mol. The lowest BCUT2D eigenvalue weighted by Crippen LogP contribution is -2.32. The average Bonchev–Trinajstić information content (AvgIpc) is 2.39. The molecular formula is C15H23F2NO. The maximum Gasteiger partial charge on any atom is 0.129 e. The van der Waals surface area contributed by atoms with Gasteiger partial charge in [0.1, 0.15) is 11.6 Å². The molecule has 1 rings (SSSR count). The maximum absolute atomic E-state index is 13.6. The van der Waals surface area contributed by atoms with Crippen LogP contribution in [0.15, 0.2) is 18.2 Å². The molecule has 1 N–H and O–H groups in total. The second-order valence-corrected chi connectivity index (χ2v) is 4.69. The summed E-state index contributed by atoms with van der Waals surface area (Å²) < 4.78 is 32.3. The third kappa shape index (κ3) is 5.66. The monoisotopic (exact) mass is 271 g/mol. The zero-order valence-corrected chi connectivity index (χ0v) is 11.7. The molecule has 0 aromatic heterocycles. The Hall–Kier alpha value is -1.00. The second-order valence-electron chi connectivity index (χ2n) is 4.69. The van der Waals surface area contributed by atoms with Gasteiger partial charge in [-0.25, -0.2) is 8.78 Å². The van der Waals surface area contributed by atoms with Crippen molar-refractivity contribution in [2.45, 2.75) is 38.6 Å². The number of benzene rings is 1. The standard InChI is InChI=1S/C15H23F2NO/c1-3-9-18-12(6-5-10-19-2)11-13-14(16)7-4-8-15(13)17/h4,7-8,12,18H,3,5-6,9-11H2,1-2H3. The van der Waals surface area contributed by atoms with Gasteiger partial charge in [-0.1, -0.05) is 13.0 Å². The molecule has 0 spiro atoms. The summed E-state index contributed by atoms with van der Waals surface area (Å²) in [6.07, 6.45) is 3.11. The van der Waals surface area contributed by atoms with Crippen LogP contribution < -0.4 is 5.32 Å². The first-order chi connectivity index (χ1) is 9.19. The smallest absolute Gasteiger partial charge is 0.129 e. The predicted octanol–water partition coefficient (Wildman–Crippen LogP) is 3.30. The van der Waals surface area contributed by atoms with E-state index in [-0.39, 0.29) is 11.6 Å². The second kappa shape index (κ2) is 8.99. The largest absolute Gasteiger partial charge is 0.385 e. The Morgan fingerprint density at radius 1 is 1.26 bits per heavy atom. The van der Waals surface area contributed by atoms with Crippen molar-refractivity contribution in [3.8, 4) is 0 Å². The number of rotatable bonds is 9. The van der Waals surface area contributed by atoms with Crippen LogP contribution >= 0.6 is 0 Å². The molecule has 2 nitrogen and oxygen atoms in total. The van der Waals surface area contributed by atoms with Crippen molar-refractivity contribution in [1.82, 2.24) is 5.32 Å². The normalized spacial score (nSPS) is 12.6. The molecule has 0 heterocycles. The minimum atomic E-state index is -0.463. The topological polar surface area (TPSA) is 21.3 Å². The number of hydrogen-bond donors (Lipinski definition) is 1. The van der Waals surface area contributed by atoms with Crippen LogP contribution in [-0.2, 0) is 11.2 Å². The highest BCUT2D eigenvalue weighted by atomic mass is 19.1. The van der Waals surface area contributed by atoms with E-state index in [4.69, 9.17) is 4.74 Å². The Morgan fingerprint density at radius 3 is 2.53 bits per heavy atom. The fraction of sp³-hybridized carbons (Fsp3) is 0.600. The molecule has 108 valence electrons. The van der Waals surface area contributed by atoms with E-state index in [0.29, 0.717) is 13.0 Å². The lowest BCUT2D eigenvalue weighted by Gasteiger charge is -2.19. The zero-order chi connectivity index (χ0) is 14.1. The van der Waals surface area contributed by atoms with Gasteiger partial charge < -0.3 is 10.1 Å². The van der Waals surface area contributed by atoms with Gasteiger partial charge in [-0.05, 0) is 44.4 Å². The van der Waals surface area contributed by atoms with E-state index < -0.39 is 11.6 Å². The van der Waals surface area contributed by atoms with Crippen molar-refractivity contribution in [3.63, 3.8) is 0 Å². The van der Waals surface area contributed by atoms with E-state index in [1.807, 2.05) is 0 Å². The molecule has 1 atom stereocenters. The zero-order valence-electron chi connectivity index (χ0n) is 11.7. The first-order valence-electron chi connectivity index (χ1n) is 6.84. The summed E-state index contributed by atoms with van der Waals surface area (Å²) in [5.74, 6) is -0.926. The third-order valence-electron chi connectivity index (χ3n) is 3.10. The average molecular weight is 271 g/mol. The summed E-state index contributed by atoms with van der Waals surface area (Å²) in [6.45, 7) is 3.60. The van der Waals surface area contributed by atoms with Crippen LogP contribution in [0.1, 0.15) is 31.7 Å². The molecule has 19 heavy (non-hydrogen) atoms. The highest BCUT2D eigenvalue weighted by Gasteiger charge is 2.15. The minimum absolute atomic E-state index is 0.0847. The Morgan fingerprint density at radius 2 is 1.95 bits per heavy atom. The van der Waals surface area contributed by atoms with Gasteiger partial charge in [-0.2, -0.15) is 0 Å².